The summed E-state index contributed by atoms with van der Waals surface area (Å²) in [6.07, 6.45) is 2.35. The standard InChI is InChI=1S/C23H27N3O3/c1-17(27)18-6-7-20-14-21(9-8-19(20)13-18)25(2)16-23(28)26(11-4-10-24)15-22-5-3-12-29-22/h3,5-9,12-14H,4,10-11,15-16,24H2,1-2H3. The fraction of sp³-hybridized carbons (Fsp3) is 0.304. The van der Waals surface area contributed by atoms with E-state index < -0.39 is 0 Å². The van der Waals surface area contributed by atoms with Crippen molar-refractivity contribution < 1.29 is 14.0 Å². The molecule has 0 unspecified atom stereocenters. The number of nitrogens with zero attached hydrogens (tertiary/aromatic N) is 2. The normalized spacial score (nSPS) is 10.9. The third-order valence-corrected chi connectivity index (χ3v) is 4.96. The van der Waals surface area contributed by atoms with E-state index in [1.807, 2.05) is 60.5 Å². The molecule has 0 saturated carbocycles. The van der Waals surface area contributed by atoms with Gasteiger partial charge in [0.05, 0.1) is 19.4 Å². The van der Waals surface area contributed by atoms with E-state index in [0.29, 0.717) is 25.2 Å². The lowest BCUT2D eigenvalue weighted by molar-refractivity contribution is -0.130. The minimum Gasteiger partial charge on any atom is -0.467 e. The largest absolute Gasteiger partial charge is 0.467 e. The zero-order chi connectivity index (χ0) is 20.8. The van der Waals surface area contributed by atoms with E-state index in [1.165, 1.54) is 0 Å². The van der Waals surface area contributed by atoms with Crippen LogP contribution >= 0.6 is 0 Å². The molecule has 6 heteroatoms. The third-order valence-electron chi connectivity index (χ3n) is 4.96. The Morgan fingerprint density at radius 3 is 2.52 bits per heavy atom. The minimum atomic E-state index is 0.0179. The van der Waals surface area contributed by atoms with Crippen LogP contribution in [0.5, 0.6) is 0 Å². The van der Waals surface area contributed by atoms with E-state index in [0.717, 1.165) is 28.6 Å². The van der Waals surface area contributed by atoms with E-state index >= 15 is 0 Å². The van der Waals surface area contributed by atoms with Crippen LogP contribution in [0.25, 0.3) is 10.8 Å². The number of hydrogen-bond donors (Lipinski definition) is 1. The number of likely N-dealkylation sites (N-methyl/N-ethyl adjacent to an activating group) is 1. The Labute approximate surface area is 170 Å². The summed E-state index contributed by atoms with van der Waals surface area (Å²) in [5.74, 6) is 0.821. The molecule has 0 radical (unpaired) electrons. The molecule has 3 rings (SSSR count). The van der Waals surface area contributed by atoms with Gasteiger partial charge in [0.2, 0.25) is 5.91 Å². The second-order valence-corrected chi connectivity index (χ2v) is 7.20. The summed E-state index contributed by atoms with van der Waals surface area (Å²) in [4.78, 5) is 28.2. The first kappa shape index (κ1) is 20.6. The SMILES string of the molecule is CC(=O)c1ccc2cc(N(C)CC(=O)N(CCCN)Cc3ccco3)ccc2c1. The maximum absolute atomic E-state index is 12.9. The average Bonchev–Trinajstić information content (AvgIpc) is 3.23. The summed E-state index contributed by atoms with van der Waals surface area (Å²) in [6.45, 7) is 3.38. The van der Waals surface area contributed by atoms with Gasteiger partial charge in [0.15, 0.2) is 5.78 Å². The lowest BCUT2D eigenvalue weighted by Gasteiger charge is -2.26. The Balaban J connectivity index is 1.72. The lowest BCUT2D eigenvalue weighted by atomic mass is 10.0. The molecule has 29 heavy (non-hydrogen) atoms. The van der Waals surface area contributed by atoms with Crippen LogP contribution in [0.2, 0.25) is 0 Å². The molecule has 0 fully saturated rings. The van der Waals surface area contributed by atoms with Crippen molar-refractivity contribution in [2.75, 3.05) is 31.6 Å². The van der Waals surface area contributed by atoms with Gasteiger partial charge in [0.25, 0.3) is 0 Å². The summed E-state index contributed by atoms with van der Waals surface area (Å²) in [5, 5.41) is 2.03. The topological polar surface area (TPSA) is 79.8 Å². The van der Waals surface area contributed by atoms with Gasteiger partial charge in [-0.3, -0.25) is 9.59 Å². The number of furan rings is 1. The van der Waals surface area contributed by atoms with Crippen molar-refractivity contribution in [1.29, 1.82) is 0 Å². The van der Waals surface area contributed by atoms with Crippen LogP contribution in [-0.2, 0) is 11.3 Å². The molecule has 0 saturated heterocycles. The van der Waals surface area contributed by atoms with Gasteiger partial charge in [-0.25, -0.2) is 0 Å². The van der Waals surface area contributed by atoms with Crippen LogP contribution in [0.4, 0.5) is 5.69 Å². The van der Waals surface area contributed by atoms with Gasteiger partial charge in [-0.15, -0.1) is 0 Å². The molecule has 0 bridgehead atoms. The van der Waals surface area contributed by atoms with Crippen molar-refractivity contribution >= 4 is 28.2 Å². The first-order valence-corrected chi connectivity index (χ1v) is 9.74. The van der Waals surface area contributed by atoms with Gasteiger partial charge in [0, 0.05) is 24.8 Å². The fourth-order valence-electron chi connectivity index (χ4n) is 3.25. The third kappa shape index (κ3) is 5.23. The Kier molecular flexibility index (Phi) is 6.67. The highest BCUT2D eigenvalue weighted by atomic mass is 16.3. The second kappa shape index (κ2) is 9.39. The van der Waals surface area contributed by atoms with Crippen LogP contribution in [-0.4, -0.2) is 43.3 Å². The van der Waals surface area contributed by atoms with E-state index in [1.54, 1.807) is 18.1 Å². The second-order valence-electron chi connectivity index (χ2n) is 7.20. The van der Waals surface area contributed by atoms with Crippen LogP contribution in [0.1, 0.15) is 29.5 Å². The number of carbonyl (C=O) groups excluding carboxylic acids is 2. The van der Waals surface area contributed by atoms with E-state index in [-0.39, 0.29) is 18.2 Å². The van der Waals surface area contributed by atoms with Crippen LogP contribution < -0.4 is 10.6 Å². The van der Waals surface area contributed by atoms with Gasteiger partial charge in [-0.2, -0.15) is 0 Å². The highest BCUT2D eigenvalue weighted by molar-refractivity contribution is 5.99. The summed E-state index contributed by atoms with van der Waals surface area (Å²) in [7, 11) is 1.90. The molecule has 2 aromatic carbocycles. The van der Waals surface area contributed by atoms with Crippen molar-refractivity contribution in [2.45, 2.75) is 19.9 Å². The van der Waals surface area contributed by atoms with Crippen molar-refractivity contribution in [1.82, 2.24) is 4.90 Å². The van der Waals surface area contributed by atoms with E-state index in [9.17, 15) is 9.59 Å². The van der Waals surface area contributed by atoms with Gasteiger partial charge in [-0.05, 0) is 61.0 Å². The minimum absolute atomic E-state index is 0.0179. The first-order valence-electron chi connectivity index (χ1n) is 9.74. The number of rotatable bonds is 9. The van der Waals surface area contributed by atoms with E-state index in [4.69, 9.17) is 10.2 Å². The maximum atomic E-state index is 12.9. The predicted octanol–water partition coefficient (Wildman–Crippen LogP) is 3.45. The van der Waals surface area contributed by atoms with Crippen molar-refractivity contribution in [3.05, 3.63) is 66.1 Å². The van der Waals surface area contributed by atoms with Crippen LogP contribution in [0.15, 0.2) is 59.2 Å². The summed E-state index contributed by atoms with van der Waals surface area (Å²) >= 11 is 0. The first-order chi connectivity index (χ1) is 14.0. The number of anilines is 1. The molecule has 1 amide bonds. The Morgan fingerprint density at radius 1 is 1.07 bits per heavy atom. The molecular weight excluding hydrogens is 366 g/mol. The molecule has 0 atom stereocenters. The smallest absolute Gasteiger partial charge is 0.242 e. The molecule has 1 aromatic heterocycles. The molecule has 0 aliphatic heterocycles. The molecule has 2 N–H and O–H groups in total. The number of ketones is 1. The number of Topliss-reactive ketones (excluding diaryl/α,β-unsaturated/α-hetero) is 1. The Morgan fingerprint density at radius 2 is 1.83 bits per heavy atom. The quantitative estimate of drug-likeness (QED) is 0.563. The molecular formula is C23H27N3O3. The zero-order valence-corrected chi connectivity index (χ0v) is 16.9. The number of carbonyl (C=O) groups is 2. The number of fused-ring (bicyclic) bond motifs is 1. The van der Waals surface area contributed by atoms with E-state index in [2.05, 4.69) is 0 Å². The zero-order valence-electron chi connectivity index (χ0n) is 16.9. The van der Waals surface area contributed by atoms with Crippen molar-refractivity contribution in [3.63, 3.8) is 0 Å². The highest BCUT2D eigenvalue weighted by Gasteiger charge is 2.17. The number of nitrogens with two attached hydrogens (primary N) is 1. The highest BCUT2D eigenvalue weighted by Crippen LogP contribution is 2.23. The van der Waals surface area contributed by atoms with Gasteiger partial charge in [-0.1, -0.05) is 18.2 Å². The summed E-state index contributed by atoms with van der Waals surface area (Å²) in [5.41, 5.74) is 7.27. The van der Waals surface area contributed by atoms with Crippen LogP contribution in [0, 0.1) is 0 Å². The average molecular weight is 393 g/mol. The molecule has 0 spiro atoms. The fourth-order valence-corrected chi connectivity index (χ4v) is 3.25. The summed E-state index contributed by atoms with van der Waals surface area (Å²) < 4.78 is 5.40. The Hall–Kier alpha value is -3.12. The Bertz CT molecular complexity index is 982. The number of amides is 1. The molecule has 1 heterocycles. The molecule has 0 aliphatic rings. The summed E-state index contributed by atoms with van der Waals surface area (Å²) in [6, 6.07) is 15.3. The monoisotopic (exact) mass is 393 g/mol. The van der Waals surface area contributed by atoms with Crippen molar-refractivity contribution in [3.8, 4) is 0 Å². The number of hydrogen-bond acceptors (Lipinski definition) is 5. The molecule has 0 aliphatic carbocycles. The van der Waals surface area contributed by atoms with Gasteiger partial charge < -0.3 is 20.0 Å². The van der Waals surface area contributed by atoms with Gasteiger partial charge >= 0.3 is 0 Å². The number of benzene rings is 2. The molecule has 3 aromatic rings. The molecule has 6 nitrogen and oxygen atoms in total. The van der Waals surface area contributed by atoms with Crippen LogP contribution in [0.3, 0.4) is 0 Å². The lowest BCUT2D eigenvalue weighted by Crippen LogP contribution is -2.39. The molecule has 152 valence electrons. The maximum Gasteiger partial charge on any atom is 0.242 e. The van der Waals surface area contributed by atoms with Crippen molar-refractivity contribution in [2.24, 2.45) is 5.73 Å². The van der Waals surface area contributed by atoms with Gasteiger partial charge in [0.1, 0.15) is 5.76 Å². The predicted molar refractivity (Wildman–Crippen MR) is 115 cm³/mol.